The quantitative estimate of drug-likeness (QED) is 0.613. The van der Waals surface area contributed by atoms with Crippen LogP contribution in [0.5, 0.6) is 5.75 Å². The summed E-state index contributed by atoms with van der Waals surface area (Å²) in [5.74, 6) is 0.261. The van der Waals surface area contributed by atoms with Crippen LogP contribution in [0.4, 0.5) is 0 Å². The fourth-order valence-corrected chi connectivity index (χ4v) is 3.97. The maximum absolute atomic E-state index is 13.0. The number of ether oxygens (including phenoxy) is 1. The summed E-state index contributed by atoms with van der Waals surface area (Å²) in [5, 5.41) is 10.7. The summed E-state index contributed by atoms with van der Waals surface area (Å²) in [5.41, 5.74) is 2.89. The van der Waals surface area contributed by atoms with E-state index in [1.807, 2.05) is 26.8 Å². The van der Waals surface area contributed by atoms with Gasteiger partial charge in [0.25, 0.3) is 5.91 Å². The Kier molecular flexibility index (Phi) is 7.18. The molecule has 1 aromatic carbocycles. The van der Waals surface area contributed by atoms with Gasteiger partial charge in [0.05, 0.1) is 40.6 Å². The van der Waals surface area contributed by atoms with Crippen molar-refractivity contribution in [3.8, 4) is 5.75 Å². The van der Waals surface area contributed by atoms with Gasteiger partial charge < -0.3 is 19.7 Å². The van der Waals surface area contributed by atoms with E-state index in [-0.39, 0.29) is 31.0 Å². The van der Waals surface area contributed by atoms with Crippen LogP contribution in [0.15, 0.2) is 24.5 Å². The minimum atomic E-state index is -0.249. The molecule has 160 valence electrons. The van der Waals surface area contributed by atoms with Crippen LogP contribution in [0.2, 0.25) is 10.0 Å². The predicted molar refractivity (Wildman–Crippen MR) is 117 cm³/mol. The predicted octanol–water partition coefficient (Wildman–Crippen LogP) is 4.42. The Morgan fingerprint density at radius 3 is 2.67 bits per heavy atom. The third kappa shape index (κ3) is 4.10. The Labute approximate surface area is 185 Å². The van der Waals surface area contributed by atoms with Crippen molar-refractivity contribution in [3.05, 3.63) is 51.7 Å². The molecule has 0 spiro atoms. The van der Waals surface area contributed by atoms with Crippen LogP contribution in [0, 0.1) is 0 Å². The molecular formula is C21H24Cl2N4O3. The van der Waals surface area contributed by atoms with Gasteiger partial charge in [-0.15, -0.1) is 0 Å². The van der Waals surface area contributed by atoms with Gasteiger partial charge >= 0.3 is 0 Å². The van der Waals surface area contributed by atoms with Gasteiger partial charge in [0.15, 0.2) is 5.75 Å². The molecule has 1 amide bonds. The first-order valence-electron chi connectivity index (χ1n) is 9.86. The first-order valence-corrected chi connectivity index (χ1v) is 10.6. The number of aromatic amines is 1. The van der Waals surface area contributed by atoms with E-state index in [9.17, 15) is 4.79 Å². The van der Waals surface area contributed by atoms with Gasteiger partial charge in [-0.2, -0.15) is 0 Å². The standard InChI is InChI=1S/C19H18Cl2N4O3.C2H6/c1-10-15-12-2-3-13(20)16(21)17(12)24-14(15)4-5-25(10)19(27)18-22-8-11(9-23-18)28-7-6-26;1-2/h2-3,8-10,24,26H,4-7H2,1H3;1-2H3. The molecule has 1 unspecified atom stereocenters. The fourth-order valence-electron chi connectivity index (χ4n) is 3.60. The molecule has 2 N–H and O–H groups in total. The van der Waals surface area contributed by atoms with E-state index in [2.05, 4.69) is 15.0 Å². The lowest BCUT2D eigenvalue weighted by Gasteiger charge is -2.33. The van der Waals surface area contributed by atoms with Crippen LogP contribution in [0.25, 0.3) is 10.9 Å². The molecule has 0 bridgehead atoms. The summed E-state index contributed by atoms with van der Waals surface area (Å²) in [4.78, 5) is 26.3. The SMILES string of the molecule is CC.CC1c2c([nH]c3c(Cl)c(Cl)ccc23)CCN1C(=O)c1ncc(OCCO)cn1. The van der Waals surface area contributed by atoms with E-state index in [0.29, 0.717) is 28.8 Å². The number of rotatable bonds is 4. The third-order valence-corrected chi connectivity index (χ3v) is 5.72. The number of halogens is 2. The van der Waals surface area contributed by atoms with Crippen molar-refractivity contribution in [2.75, 3.05) is 19.8 Å². The number of H-pyrrole nitrogens is 1. The van der Waals surface area contributed by atoms with Gasteiger partial charge in [0.1, 0.15) is 6.61 Å². The Morgan fingerprint density at radius 1 is 1.30 bits per heavy atom. The Morgan fingerprint density at radius 2 is 2.00 bits per heavy atom. The van der Waals surface area contributed by atoms with Crippen molar-refractivity contribution < 1.29 is 14.6 Å². The van der Waals surface area contributed by atoms with Crippen molar-refractivity contribution in [2.24, 2.45) is 0 Å². The second kappa shape index (κ2) is 9.64. The van der Waals surface area contributed by atoms with Gasteiger partial charge in [0, 0.05) is 29.6 Å². The smallest absolute Gasteiger partial charge is 0.292 e. The number of carbonyl (C=O) groups is 1. The summed E-state index contributed by atoms with van der Waals surface area (Å²) >= 11 is 12.5. The monoisotopic (exact) mass is 450 g/mol. The normalized spacial score (nSPS) is 15.4. The molecule has 2 aromatic heterocycles. The maximum atomic E-state index is 13.0. The molecule has 0 saturated carbocycles. The molecule has 1 aliphatic rings. The first kappa shape index (κ1) is 22.3. The number of hydrogen-bond donors (Lipinski definition) is 2. The highest BCUT2D eigenvalue weighted by Crippen LogP contribution is 2.40. The van der Waals surface area contributed by atoms with Crippen LogP contribution in [-0.4, -0.2) is 50.6 Å². The highest BCUT2D eigenvalue weighted by atomic mass is 35.5. The summed E-state index contributed by atoms with van der Waals surface area (Å²) in [6, 6.07) is 3.52. The van der Waals surface area contributed by atoms with Gasteiger partial charge in [-0.05, 0) is 13.0 Å². The summed E-state index contributed by atoms with van der Waals surface area (Å²) in [6.45, 7) is 6.56. The molecule has 0 fully saturated rings. The number of amides is 1. The number of aliphatic hydroxyl groups excluding tert-OH is 1. The topological polar surface area (TPSA) is 91.3 Å². The molecule has 7 nitrogen and oxygen atoms in total. The summed E-state index contributed by atoms with van der Waals surface area (Å²) in [6.07, 6.45) is 3.54. The van der Waals surface area contributed by atoms with Crippen molar-refractivity contribution >= 4 is 40.0 Å². The van der Waals surface area contributed by atoms with Crippen LogP contribution < -0.4 is 4.74 Å². The van der Waals surface area contributed by atoms with Crippen molar-refractivity contribution in [1.82, 2.24) is 19.9 Å². The zero-order valence-electron chi connectivity index (χ0n) is 17.1. The van der Waals surface area contributed by atoms with Gasteiger partial charge in [-0.3, -0.25) is 4.79 Å². The molecule has 30 heavy (non-hydrogen) atoms. The summed E-state index contributed by atoms with van der Waals surface area (Å²) in [7, 11) is 0. The molecule has 0 aliphatic carbocycles. The largest absolute Gasteiger partial charge is 0.488 e. The van der Waals surface area contributed by atoms with Crippen LogP contribution in [0.3, 0.4) is 0 Å². The Hall–Kier alpha value is -2.35. The Balaban J connectivity index is 0.00000124. The number of aromatic nitrogens is 3. The average Bonchev–Trinajstić information content (AvgIpc) is 3.17. The second-order valence-electron chi connectivity index (χ2n) is 6.54. The van der Waals surface area contributed by atoms with Gasteiger partial charge in [-0.1, -0.05) is 43.1 Å². The lowest BCUT2D eigenvalue weighted by molar-refractivity contribution is 0.0665. The minimum Gasteiger partial charge on any atom is -0.488 e. The number of benzene rings is 1. The summed E-state index contributed by atoms with van der Waals surface area (Å²) < 4.78 is 5.23. The molecular weight excluding hydrogens is 427 g/mol. The van der Waals surface area contributed by atoms with Crippen molar-refractivity contribution in [1.29, 1.82) is 0 Å². The van der Waals surface area contributed by atoms with Crippen LogP contribution in [-0.2, 0) is 6.42 Å². The van der Waals surface area contributed by atoms with E-state index in [1.165, 1.54) is 12.4 Å². The number of nitrogens with zero attached hydrogens (tertiary/aromatic N) is 3. The van der Waals surface area contributed by atoms with Crippen molar-refractivity contribution in [3.63, 3.8) is 0 Å². The lowest BCUT2D eigenvalue weighted by atomic mass is 9.97. The molecule has 9 heteroatoms. The third-order valence-electron chi connectivity index (χ3n) is 4.91. The molecule has 0 radical (unpaired) electrons. The number of hydrogen-bond acceptors (Lipinski definition) is 5. The van der Waals surface area contributed by atoms with E-state index in [0.717, 1.165) is 22.2 Å². The number of carbonyl (C=O) groups excluding carboxylic acids is 1. The maximum Gasteiger partial charge on any atom is 0.292 e. The van der Waals surface area contributed by atoms with E-state index in [4.69, 9.17) is 33.0 Å². The molecule has 3 heterocycles. The van der Waals surface area contributed by atoms with Crippen LogP contribution >= 0.6 is 23.2 Å². The minimum absolute atomic E-state index is 0.103. The number of aliphatic hydroxyl groups is 1. The molecule has 1 atom stereocenters. The van der Waals surface area contributed by atoms with Crippen molar-refractivity contribution in [2.45, 2.75) is 33.2 Å². The molecule has 3 aromatic rings. The first-order chi connectivity index (χ1) is 14.5. The molecule has 1 aliphatic heterocycles. The number of nitrogens with one attached hydrogen (secondary N) is 1. The van der Waals surface area contributed by atoms with Gasteiger partial charge in [0.2, 0.25) is 5.82 Å². The molecule has 0 saturated heterocycles. The highest BCUT2D eigenvalue weighted by Gasteiger charge is 2.32. The average molecular weight is 451 g/mol. The zero-order valence-corrected chi connectivity index (χ0v) is 18.6. The fraction of sp³-hybridized carbons (Fsp3) is 0.381. The highest BCUT2D eigenvalue weighted by molar-refractivity contribution is 6.45. The van der Waals surface area contributed by atoms with E-state index >= 15 is 0 Å². The van der Waals surface area contributed by atoms with Gasteiger partial charge in [-0.25, -0.2) is 9.97 Å². The lowest BCUT2D eigenvalue weighted by Crippen LogP contribution is -2.39. The molecule has 4 rings (SSSR count). The number of fused-ring (bicyclic) bond motifs is 3. The zero-order chi connectivity index (χ0) is 21.8. The Bertz CT molecular complexity index is 1040. The van der Waals surface area contributed by atoms with E-state index in [1.54, 1.807) is 11.0 Å². The van der Waals surface area contributed by atoms with E-state index < -0.39 is 0 Å². The van der Waals surface area contributed by atoms with Crippen LogP contribution in [0.1, 0.15) is 48.7 Å². The second-order valence-corrected chi connectivity index (χ2v) is 7.33.